The van der Waals surface area contributed by atoms with Gasteiger partial charge in [0, 0.05) is 49.4 Å². The van der Waals surface area contributed by atoms with Crippen LogP contribution in [0.1, 0.15) is 18.2 Å². The zero-order chi connectivity index (χ0) is 34.8. The minimum atomic E-state index is 0.913. The van der Waals surface area contributed by atoms with Crippen molar-refractivity contribution in [3.05, 3.63) is 182 Å². The van der Waals surface area contributed by atoms with Gasteiger partial charge in [0.2, 0.25) is 0 Å². The molecule has 3 heteroatoms. The normalized spacial score (nSPS) is 11.9. The maximum Gasteiger partial charge on any atom is 0.143 e. The third-order valence-corrected chi connectivity index (χ3v) is 10.4. The van der Waals surface area contributed by atoms with E-state index in [-0.39, 0.29) is 0 Å². The summed E-state index contributed by atoms with van der Waals surface area (Å²) in [6.07, 6.45) is 6.27. The van der Waals surface area contributed by atoms with Gasteiger partial charge in [-0.25, -0.2) is 0 Å². The second-order valence-electron chi connectivity index (χ2n) is 13.3. The predicted molar refractivity (Wildman–Crippen MR) is 221 cm³/mol. The van der Waals surface area contributed by atoms with E-state index in [2.05, 4.69) is 180 Å². The molecular formula is C49H34N2O. The zero-order valence-electron chi connectivity index (χ0n) is 28.8. The van der Waals surface area contributed by atoms with Crippen molar-refractivity contribution in [2.75, 3.05) is 0 Å². The van der Waals surface area contributed by atoms with Crippen LogP contribution in [-0.2, 0) is 0 Å². The van der Waals surface area contributed by atoms with Crippen molar-refractivity contribution < 1.29 is 4.42 Å². The lowest BCUT2D eigenvalue weighted by Gasteiger charge is -2.10. The molecule has 0 N–H and O–H groups in total. The minimum absolute atomic E-state index is 0.913. The molecule has 0 aliphatic heterocycles. The Kier molecular flexibility index (Phi) is 6.87. The number of nitrogens with zero attached hydrogens (tertiary/aromatic N) is 2. The molecule has 0 aliphatic carbocycles. The summed E-state index contributed by atoms with van der Waals surface area (Å²) < 4.78 is 11.0. The highest BCUT2D eigenvalue weighted by Gasteiger charge is 2.18. The van der Waals surface area contributed by atoms with E-state index in [1.807, 2.05) is 18.2 Å². The molecule has 0 saturated heterocycles. The van der Waals surface area contributed by atoms with Crippen LogP contribution in [-0.4, -0.2) is 9.13 Å². The fourth-order valence-electron chi connectivity index (χ4n) is 8.11. The number of furan rings is 1. The summed E-state index contributed by atoms with van der Waals surface area (Å²) in [4.78, 5) is 0. The summed E-state index contributed by atoms with van der Waals surface area (Å²) in [5.74, 6) is 0. The van der Waals surface area contributed by atoms with E-state index in [0.29, 0.717) is 0 Å². The Morgan fingerprint density at radius 3 is 1.88 bits per heavy atom. The van der Waals surface area contributed by atoms with Crippen LogP contribution in [0.2, 0.25) is 0 Å². The highest BCUT2D eigenvalue weighted by atomic mass is 16.3. The van der Waals surface area contributed by atoms with Gasteiger partial charge >= 0.3 is 0 Å². The highest BCUT2D eigenvalue weighted by molar-refractivity contribution is 6.11. The van der Waals surface area contributed by atoms with Crippen LogP contribution in [0.3, 0.4) is 0 Å². The van der Waals surface area contributed by atoms with Gasteiger partial charge in [-0.2, -0.15) is 0 Å². The number of fused-ring (bicyclic) bond motifs is 7. The number of para-hydroxylation sites is 4. The van der Waals surface area contributed by atoms with Gasteiger partial charge in [-0.15, -0.1) is 0 Å². The molecule has 3 aromatic heterocycles. The average Bonchev–Trinajstić information content (AvgIpc) is 3.85. The highest BCUT2D eigenvalue weighted by Crippen LogP contribution is 2.40. The average molecular weight is 667 g/mol. The van der Waals surface area contributed by atoms with Crippen LogP contribution in [0.25, 0.3) is 100 Å². The summed E-state index contributed by atoms with van der Waals surface area (Å²) in [5, 5.41) is 5.95. The van der Waals surface area contributed by atoms with Crippen molar-refractivity contribution in [3.8, 4) is 33.6 Å². The molecule has 10 rings (SSSR count). The lowest BCUT2D eigenvalue weighted by Crippen LogP contribution is -1.96. The van der Waals surface area contributed by atoms with E-state index < -0.39 is 0 Å². The van der Waals surface area contributed by atoms with E-state index in [4.69, 9.17) is 4.42 Å². The van der Waals surface area contributed by atoms with E-state index in [1.54, 1.807) is 0 Å². The van der Waals surface area contributed by atoms with E-state index in [9.17, 15) is 0 Å². The molecule has 0 spiro atoms. The maximum atomic E-state index is 6.36. The first kappa shape index (κ1) is 30.0. The fraction of sp³-hybridized carbons (Fsp3) is 0.0204. The molecule has 0 saturated carbocycles. The van der Waals surface area contributed by atoms with Gasteiger partial charge in [-0.3, -0.25) is 0 Å². The smallest absolute Gasteiger partial charge is 0.143 e. The summed E-state index contributed by atoms with van der Waals surface area (Å²) in [6.45, 7) is 6.28. The molecule has 0 bridgehead atoms. The number of hydrogen-bond acceptors (Lipinski definition) is 1. The summed E-state index contributed by atoms with van der Waals surface area (Å²) in [5.41, 5.74) is 14.5. The first-order valence-corrected chi connectivity index (χ1v) is 17.8. The third kappa shape index (κ3) is 4.53. The monoisotopic (exact) mass is 666 g/mol. The van der Waals surface area contributed by atoms with Gasteiger partial charge in [0.05, 0.1) is 22.2 Å². The quantitative estimate of drug-likeness (QED) is 0.173. The molecule has 10 aromatic rings. The molecule has 0 aliphatic rings. The van der Waals surface area contributed by atoms with Crippen LogP contribution < -0.4 is 0 Å². The lowest BCUT2D eigenvalue weighted by atomic mass is 10.00. The molecule has 0 amide bonds. The first-order chi connectivity index (χ1) is 25.7. The molecule has 246 valence electrons. The Labute approximate surface area is 301 Å². The van der Waals surface area contributed by atoms with Crippen molar-refractivity contribution in [3.63, 3.8) is 0 Å². The molecule has 3 nitrogen and oxygen atoms in total. The van der Waals surface area contributed by atoms with Crippen LogP contribution in [0.5, 0.6) is 0 Å². The third-order valence-electron chi connectivity index (χ3n) is 10.4. The fourth-order valence-corrected chi connectivity index (χ4v) is 8.11. The van der Waals surface area contributed by atoms with Crippen molar-refractivity contribution >= 4 is 66.8 Å². The predicted octanol–water partition coefficient (Wildman–Crippen LogP) is 13.6. The van der Waals surface area contributed by atoms with Crippen LogP contribution in [0.15, 0.2) is 175 Å². The molecule has 0 atom stereocenters. The topological polar surface area (TPSA) is 23.0 Å². The van der Waals surface area contributed by atoms with Crippen molar-refractivity contribution in [2.24, 2.45) is 0 Å². The second-order valence-corrected chi connectivity index (χ2v) is 13.3. The molecule has 52 heavy (non-hydrogen) atoms. The Morgan fingerprint density at radius 1 is 0.500 bits per heavy atom. The van der Waals surface area contributed by atoms with E-state index in [1.165, 1.54) is 43.9 Å². The molecular weight excluding hydrogens is 633 g/mol. The molecule has 0 unspecified atom stereocenters. The summed E-state index contributed by atoms with van der Waals surface area (Å²) in [6, 6.07) is 56.5. The van der Waals surface area contributed by atoms with Crippen LogP contribution in [0.4, 0.5) is 0 Å². The van der Waals surface area contributed by atoms with Crippen molar-refractivity contribution in [2.45, 2.75) is 6.92 Å². The van der Waals surface area contributed by atoms with E-state index in [0.717, 1.165) is 55.7 Å². The van der Waals surface area contributed by atoms with Crippen LogP contribution in [0, 0.1) is 0 Å². The second kappa shape index (κ2) is 11.9. The lowest BCUT2D eigenvalue weighted by molar-refractivity contribution is 0.670. The largest absolute Gasteiger partial charge is 0.455 e. The number of benzene rings is 7. The molecule has 0 fully saturated rings. The molecule has 0 radical (unpaired) electrons. The van der Waals surface area contributed by atoms with Gasteiger partial charge in [-0.1, -0.05) is 116 Å². The summed E-state index contributed by atoms with van der Waals surface area (Å²) >= 11 is 0. The minimum Gasteiger partial charge on any atom is -0.455 e. The number of allylic oxidation sites excluding steroid dienone is 1. The van der Waals surface area contributed by atoms with Gasteiger partial charge in [0.25, 0.3) is 0 Å². The number of rotatable bonds is 6. The molecule has 7 aromatic carbocycles. The van der Waals surface area contributed by atoms with E-state index >= 15 is 0 Å². The number of aromatic nitrogens is 2. The van der Waals surface area contributed by atoms with Gasteiger partial charge < -0.3 is 13.6 Å². The standard InChI is InChI=1S/C49H34N2O/c1-3-13-38-42-30-33(24-28-46(42)50(44(38)4-2)35-14-6-5-7-15-35)34-25-29-47-43(31-34)39-16-8-10-20-45(39)51(47)36-26-22-32(23-27-36)37-18-12-19-41-40-17-9-11-21-48(40)52-49(37)41/h3-31H,2H2,1H3/b13-3-. The Hall–Kier alpha value is -6.84. The SMILES string of the molecule is C=Cc1c(/C=C\C)c2cc(-c3ccc4c(c3)c3ccccc3n4-c3ccc(-c4cccc5c4oc4ccccc45)cc3)ccc2n1-c1ccccc1. The maximum absolute atomic E-state index is 6.36. The Balaban J connectivity index is 1.09. The van der Waals surface area contributed by atoms with Crippen molar-refractivity contribution in [1.82, 2.24) is 9.13 Å². The zero-order valence-corrected chi connectivity index (χ0v) is 28.8. The van der Waals surface area contributed by atoms with Crippen molar-refractivity contribution in [1.29, 1.82) is 0 Å². The summed E-state index contributed by atoms with van der Waals surface area (Å²) in [7, 11) is 0. The first-order valence-electron chi connectivity index (χ1n) is 17.8. The van der Waals surface area contributed by atoms with Gasteiger partial charge in [0.1, 0.15) is 11.2 Å². The Morgan fingerprint density at radius 2 is 1.12 bits per heavy atom. The van der Waals surface area contributed by atoms with Gasteiger partial charge in [-0.05, 0) is 90.4 Å². The Bertz CT molecular complexity index is 3020. The number of hydrogen-bond donors (Lipinski definition) is 0. The van der Waals surface area contributed by atoms with Gasteiger partial charge in [0.15, 0.2) is 0 Å². The molecule has 3 heterocycles. The van der Waals surface area contributed by atoms with Crippen LogP contribution >= 0.6 is 0 Å².